The molecule has 1 heterocycles. The number of nitrogens with zero attached hydrogens (tertiary/aromatic N) is 2. The average Bonchev–Trinajstić information content (AvgIpc) is 2.85. The van der Waals surface area contributed by atoms with E-state index in [1.54, 1.807) is 6.07 Å². The highest BCUT2D eigenvalue weighted by molar-refractivity contribution is 9.10. The van der Waals surface area contributed by atoms with Crippen LogP contribution in [0.1, 0.15) is 22.3 Å². The molecule has 0 atom stereocenters. The third kappa shape index (κ3) is 3.47. The molecule has 106 valence electrons. The molecule has 0 radical (unpaired) electrons. The molecule has 20 heavy (non-hydrogen) atoms. The number of hydrogen-bond donors (Lipinski definition) is 2. The van der Waals surface area contributed by atoms with Gasteiger partial charge < -0.3 is 10.6 Å². The van der Waals surface area contributed by atoms with Crippen LogP contribution in [0.3, 0.4) is 0 Å². The van der Waals surface area contributed by atoms with Crippen LogP contribution in [-0.4, -0.2) is 22.6 Å². The lowest BCUT2D eigenvalue weighted by atomic mass is 10.2. The second kappa shape index (κ2) is 6.51. The van der Waals surface area contributed by atoms with Crippen molar-refractivity contribution in [1.82, 2.24) is 10.2 Å². The highest BCUT2D eigenvalue weighted by Crippen LogP contribution is 2.29. The summed E-state index contributed by atoms with van der Waals surface area (Å²) in [5, 5.41) is 15.0. The lowest BCUT2D eigenvalue weighted by Gasteiger charge is -2.08. The molecule has 8 heteroatoms. The van der Waals surface area contributed by atoms with E-state index in [9.17, 15) is 4.79 Å². The minimum Gasteiger partial charge on any atom is -0.360 e. The Morgan fingerprint density at radius 3 is 2.90 bits per heavy atom. The lowest BCUT2D eigenvalue weighted by Crippen LogP contribution is -2.12. The van der Waals surface area contributed by atoms with Gasteiger partial charge in [0, 0.05) is 16.0 Å². The maximum atomic E-state index is 12.1. The number of halogens is 2. The van der Waals surface area contributed by atoms with Gasteiger partial charge in [0.1, 0.15) is 0 Å². The van der Waals surface area contributed by atoms with E-state index in [1.165, 1.54) is 11.3 Å². The molecule has 2 N–H and O–H groups in total. The molecule has 0 aliphatic rings. The van der Waals surface area contributed by atoms with Crippen molar-refractivity contribution in [2.75, 3.05) is 17.2 Å². The fraction of sp³-hybridized carbons (Fsp3) is 0.250. The summed E-state index contributed by atoms with van der Waals surface area (Å²) in [7, 11) is 0. The van der Waals surface area contributed by atoms with Crippen molar-refractivity contribution in [2.45, 2.75) is 13.8 Å². The van der Waals surface area contributed by atoms with Crippen LogP contribution in [0.25, 0.3) is 0 Å². The molecule has 0 bridgehead atoms. The Kier molecular flexibility index (Phi) is 4.95. The summed E-state index contributed by atoms with van der Waals surface area (Å²) in [6, 6.07) is 3.55. The topological polar surface area (TPSA) is 66.9 Å². The summed E-state index contributed by atoms with van der Waals surface area (Å²) < 4.78 is 0.768. The van der Waals surface area contributed by atoms with Crippen LogP contribution in [0, 0.1) is 6.92 Å². The molecule has 0 unspecified atom stereocenters. The molecule has 1 amide bonds. The molecule has 0 fully saturated rings. The number of aromatic nitrogens is 2. The van der Waals surface area contributed by atoms with E-state index in [4.69, 9.17) is 11.6 Å². The first-order chi connectivity index (χ1) is 9.51. The van der Waals surface area contributed by atoms with Crippen LogP contribution in [0.15, 0.2) is 16.6 Å². The molecular formula is C12H12BrClN4OS. The normalized spacial score (nSPS) is 10.4. The highest BCUT2D eigenvalue weighted by Gasteiger charge is 2.14. The maximum absolute atomic E-state index is 12.1. The van der Waals surface area contributed by atoms with Crippen molar-refractivity contribution in [1.29, 1.82) is 0 Å². The monoisotopic (exact) mass is 374 g/mol. The summed E-state index contributed by atoms with van der Waals surface area (Å²) in [6.07, 6.45) is 0. The van der Waals surface area contributed by atoms with E-state index in [0.29, 0.717) is 20.8 Å². The maximum Gasteiger partial charge on any atom is 0.286 e. The first kappa shape index (κ1) is 15.2. The zero-order chi connectivity index (χ0) is 14.7. The Morgan fingerprint density at radius 1 is 1.45 bits per heavy atom. The number of benzene rings is 1. The van der Waals surface area contributed by atoms with Crippen LogP contribution in [0.2, 0.25) is 5.02 Å². The van der Waals surface area contributed by atoms with Crippen molar-refractivity contribution < 1.29 is 4.79 Å². The number of hydrogen-bond acceptors (Lipinski definition) is 5. The van der Waals surface area contributed by atoms with Crippen LogP contribution >= 0.6 is 38.9 Å². The first-order valence-electron chi connectivity index (χ1n) is 5.85. The van der Waals surface area contributed by atoms with Gasteiger partial charge in [0.25, 0.3) is 5.91 Å². The standard InChI is InChI=1S/C12H12BrClN4OS/c1-3-15-12-18-17-11(20-12)10(19)16-9-5-8(14)6(2)4-7(9)13/h4-5H,3H2,1-2H3,(H,15,18)(H,16,19). The van der Waals surface area contributed by atoms with Gasteiger partial charge in [-0.15, -0.1) is 10.2 Å². The Hall–Kier alpha value is -1.18. The van der Waals surface area contributed by atoms with Gasteiger partial charge in [-0.2, -0.15) is 0 Å². The molecular weight excluding hydrogens is 364 g/mol. The predicted octanol–water partition coefficient (Wildman–Crippen LogP) is 3.95. The second-order valence-corrected chi connectivity index (χ2v) is 6.22. The molecule has 0 aliphatic heterocycles. The van der Waals surface area contributed by atoms with E-state index >= 15 is 0 Å². The number of carbonyl (C=O) groups is 1. The van der Waals surface area contributed by atoms with Crippen molar-refractivity contribution in [3.8, 4) is 0 Å². The summed E-state index contributed by atoms with van der Waals surface area (Å²) in [5.41, 5.74) is 1.53. The molecule has 1 aromatic carbocycles. The third-order valence-electron chi connectivity index (χ3n) is 2.44. The number of rotatable bonds is 4. The fourth-order valence-corrected chi connectivity index (χ4v) is 2.88. The number of nitrogens with one attached hydrogen (secondary N) is 2. The number of aryl methyl sites for hydroxylation is 1. The highest BCUT2D eigenvalue weighted by atomic mass is 79.9. The van der Waals surface area contributed by atoms with Gasteiger partial charge >= 0.3 is 0 Å². The molecule has 0 saturated carbocycles. The fourth-order valence-electron chi connectivity index (χ4n) is 1.46. The van der Waals surface area contributed by atoms with Crippen LogP contribution in [0.4, 0.5) is 10.8 Å². The van der Waals surface area contributed by atoms with E-state index in [-0.39, 0.29) is 5.91 Å². The smallest absolute Gasteiger partial charge is 0.286 e. The third-order valence-corrected chi connectivity index (χ3v) is 4.39. The summed E-state index contributed by atoms with van der Waals surface area (Å²) in [4.78, 5) is 12.1. The molecule has 1 aromatic heterocycles. The SMILES string of the molecule is CCNc1nnc(C(=O)Nc2cc(Cl)c(C)cc2Br)s1. The zero-order valence-electron chi connectivity index (χ0n) is 10.8. The van der Waals surface area contributed by atoms with Crippen molar-refractivity contribution in [3.05, 3.63) is 32.2 Å². The zero-order valence-corrected chi connectivity index (χ0v) is 14.0. The summed E-state index contributed by atoms with van der Waals surface area (Å²) >= 11 is 10.7. The Bertz CT molecular complexity index is 646. The van der Waals surface area contributed by atoms with Gasteiger partial charge in [-0.1, -0.05) is 22.9 Å². The van der Waals surface area contributed by atoms with Gasteiger partial charge in [0.05, 0.1) is 5.69 Å². The van der Waals surface area contributed by atoms with Gasteiger partial charge in [0.2, 0.25) is 10.1 Å². The van der Waals surface area contributed by atoms with Crippen LogP contribution in [0.5, 0.6) is 0 Å². The van der Waals surface area contributed by atoms with E-state index in [0.717, 1.165) is 16.6 Å². The van der Waals surface area contributed by atoms with Crippen LogP contribution in [-0.2, 0) is 0 Å². The van der Waals surface area contributed by atoms with E-state index in [1.807, 2.05) is 19.9 Å². The van der Waals surface area contributed by atoms with Crippen molar-refractivity contribution in [2.24, 2.45) is 0 Å². The van der Waals surface area contributed by atoms with E-state index < -0.39 is 0 Å². The van der Waals surface area contributed by atoms with Crippen LogP contribution < -0.4 is 10.6 Å². The van der Waals surface area contributed by atoms with Gasteiger partial charge in [-0.05, 0) is 47.5 Å². The Balaban J connectivity index is 2.16. The summed E-state index contributed by atoms with van der Waals surface area (Å²) in [6.45, 7) is 4.58. The first-order valence-corrected chi connectivity index (χ1v) is 7.84. The van der Waals surface area contributed by atoms with Gasteiger partial charge in [0.15, 0.2) is 0 Å². The molecule has 5 nitrogen and oxygen atoms in total. The number of carbonyl (C=O) groups excluding carboxylic acids is 1. The van der Waals surface area contributed by atoms with Gasteiger partial charge in [-0.25, -0.2) is 0 Å². The van der Waals surface area contributed by atoms with Gasteiger partial charge in [-0.3, -0.25) is 4.79 Å². The van der Waals surface area contributed by atoms with Crippen molar-refractivity contribution >= 4 is 55.6 Å². The number of amides is 1. The average molecular weight is 376 g/mol. The largest absolute Gasteiger partial charge is 0.360 e. The van der Waals surface area contributed by atoms with Crippen molar-refractivity contribution in [3.63, 3.8) is 0 Å². The minimum atomic E-state index is -0.313. The molecule has 2 rings (SSSR count). The second-order valence-electron chi connectivity index (χ2n) is 3.98. The van der Waals surface area contributed by atoms with E-state index in [2.05, 4.69) is 36.8 Å². The molecule has 0 spiro atoms. The molecule has 2 aromatic rings. The predicted molar refractivity (Wildman–Crippen MR) is 85.9 cm³/mol. The summed E-state index contributed by atoms with van der Waals surface area (Å²) in [5.74, 6) is -0.313. The molecule has 0 aliphatic carbocycles. The Labute approximate surface area is 133 Å². The number of anilines is 2. The minimum absolute atomic E-state index is 0.296. The lowest BCUT2D eigenvalue weighted by molar-refractivity contribution is 0.102. The Morgan fingerprint density at radius 2 is 2.20 bits per heavy atom. The molecule has 0 saturated heterocycles. The quantitative estimate of drug-likeness (QED) is 0.849.